The lowest BCUT2D eigenvalue weighted by atomic mass is 10.2. The van der Waals surface area contributed by atoms with Gasteiger partial charge in [-0.25, -0.2) is 17.9 Å². The van der Waals surface area contributed by atoms with Crippen LogP contribution in [-0.4, -0.2) is 33.6 Å². The quantitative estimate of drug-likeness (QED) is 0.656. The third-order valence-corrected chi connectivity index (χ3v) is 6.64. The lowest BCUT2D eigenvalue weighted by molar-refractivity contribution is 0.0471. The lowest BCUT2D eigenvalue weighted by Crippen LogP contribution is -2.25. The number of carbonyl (C=O) groups is 1. The summed E-state index contributed by atoms with van der Waals surface area (Å²) < 4.78 is 44.1. The lowest BCUT2D eigenvalue weighted by Gasteiger charge is -2.19. The minimum Gasteiger partial charge on any atom is -0.486 e. The highest BCUT2D eigenvalue weighted by Crippen LogP contribution is 2.35. The first-order chi connectivity index (χ1) is 13.4. The number of hydrogen-bond donors (Lipinski definition) is 1. The van der Waals surface area contributed by atoms with Gasteiger partial charge in [-0.1, -0.05) is 15.9 Å². The summed E-state index contributed by atoms with van der Waals surface area (Å²) in [5.74, 6) is 0.712. The molecule has 1 aliphatic heterocycles. The Balaban J connectivity index is 1.41. The molecule has 28 heavy (non-hydrogen) atoms. The third kappa shape index (κ3) is 4.31. The van der Waals surface area contributed by atoms with E-state index in [9.17, 15) is 13.2 Å². The zero-order chi connectivity index (χ0) is 19.7. The van der Waals surface area contributed by atoms with Gasteiger partial charge in [-0.2, -0.15) is 0 Å². The fraction of sp³-hybridized carbons (Fsp3) is 0.316. The van der Waals surface area contributed by atoms with E-state index >= 15 is 0 Å². The molecule has 0 unspecified atom stereocenters. The molecule has 1 aliphatic carbocycles. The topological polar surface area (TPSA) is 90.9 Å². The van der Waals surface area contributed by atoms with Crippen molar-refractivity contribution in [1.29, 1.82) is 0 Å². The van der Waals surface area contributed by atoms with E-state index in [4.69, 9.17) is 14.2 Å². The molecule has 7 nitrogen and oxygen atoms in total. The number of esters is 1. The zero-order valence-corrected chi connectivity index (χ0v) is 17.2. The summed E-state index contributed by atoms with van der Waals surface area (Å²) in [5, 5.41) is 0. The number of carbonyl (C=O) groups excluding carboxylic acids is 1. The van der Waals surface area contributed by atoms with Crippen LogP contribution in [0.4, 0.5) is 0 Å². The van der Waals surface area contributed by atoms with Crippen molar-refractivity contribution in [3.05, 3.63) is 52.0 Å². The Morgan fingerprint density at radius 1 is 1.11 bits per heavy atom. The Morgan fingerprint density at radius 3 is 2.39 bits per heavy atom. The number of hydrogen-bond acceptors (Lipinski definition) is 6. The molecule has 9 heteroatoms. The molecular weight excluding hydrogens is 450 g/mol. The van der Waals surface area contributed by atoms with Crippen molar-refractivity contribution >= 4 is 31.9 Å². The largest absolute Gasteiger partial charge is 0.486 e. The standard InChI is InChI=1S/C19H18BrNO6S/c20-16-10-18-17(25-7-8-26-18)9-13(16)11-27-19(22)12-1-5-15(6-2-12)28(23,24)21-14-3-4-14/h1-2,5-6,9-10,14,21H,3-4,7-8,11H2. The molecule has 0 radical (unpaired) electrons. The maximum Gasteiger partial charge on any atom is 0.338 e. The first-order valence-electron chi connectivity index (χ1n) is 8.80. The maximum atomic E-state index is 12.3. The molecule has 0 bridgehead atoms. The maximum absolute atomic E-state index is 12.3. The molecule has 1 saturated carbocycles. The van der Waals surface area contributed by atoms with Gasteiger partial charge in [-0.15, -0.1) is 0 Å². The van der Waals surface area contributed by atoms with Crippen molar-refractivity contribution in [2.75, 3.05) is 13.2 Å². The summed E-state index contributed by atoms with van der Waals surface area (Å²) in [6.07, 6.45) is 1.72. The minimum atomic E-state index is -3.54. The summed E-state index contributed by atoms with van der Waals surface area (Å²) in [7, 11) is -3.54. The second kappa shape index (κ2) is 7.73. The molecule has 2 aromatic carbocycles. The van der Waals surface area contributed by atoms with Crippen LogP contribution in [-0.2, 0) is 21.4 Å². The van der Waals surface area contributed by atoms with Gasteiger partial charge in [0.25, 0.3) is 0 Å². The van der Waals surface area contributed by atoms with Crippen LogP contribution < -0.4 is 14.2 Å². The van der Waals surface area contributed by atoms with Gasteiger partial charge in [-0.05, 0) is 49.2 Å². The number of rotatable bonds is 6. The fourth-order valence-electron chi connectivity index (χ4n) is 2.70. The van der Waals surface area contributed by atoms with E-state index in [1.165, 1.54) is 24.3 Å². The molecular formula is C19H18BrNO6S. The molecule has 2 aromatic rings. The van der Waals surface area contributed by atoms with E-state index in [2.05, 4.69) is 20.7 Å². The Labute approximate surface area is 171 Å². The highest BCUT2D eigenvalue weighted by molar-refractivity contribution is 9.10. The van der Waals surface area contributed by atoms with Gasteiger partial charge in [0, 0.05) is 16.1 Å². The highest BCUT2D eigenvalue weighted by Gasteiger charge is 2.28. The van der Waals surface area contributed by atoms with Crippen molar-refractivity contribution in [3.63, 3.8) is 0 Å². The van der Waals surface area contributed by atoms with Crippen molar-refractivity contribution in [2.24, 2.45) is 0 Å². The summed E-state index contributed by atoms with van der Waals surface area (Å²) in [5.41, 5.74) is 1.02. The molecule has 0 spiro atoms. The molecule has 0 amide bonds. The van der Waals surface area contributed by atoms with Crippen LogP contribution >= 0.6 is 15.9 Å². The molecule has 4 rings (SSSR count). The predicted octanol–water partition coefficient (Wildman–Crippen LogP) is 3.02. The zero-order valence-electron chi connectivity index (χ0n) is 14.8. The van der Waals surface area contributed by atoms with Crippen LogP contribution in [0.15, 0.2) is 45.8 Å². The van der Waals surface area contributed by atoms with E-state index in [0.29, 0.717) is 24.7 Å². The molecule has 1 N–H and O–H groups in total. The van der Waals surface area contributed by atoms with Crippen molar-refractivity contribution < 1.29 is 27.4 Å². The second-order valence-corrected chi connectivity index (χ2v) is 9.15. The number of fused-ring (bicyclic) bond motifs is 1. The summed E-state index contributed by atoms with van der Waals surface area (Å²) in [6.45, 7) is 1.01. The number of halogens is 1. The predicted molar refractivity (Wildman–Crippen MR) is 104 cm³/mol. The molecule has 0 saturated heterocycles. The second-order valence-electron chi connectivity index (χ2n) is 6.58. The average molecular weight is 468 g/mol. The van der Waals surface area contributed by atoms with Crippen LogP contribution in [0, 0.1) is 0 Å². The molecule has 0 atom stereocenters. The SMILES string of the molecule is O=C(OCc1cc2c(cc1Br)OCCO2)c1ccc(S(=O)(=O)NC2CC2)cc1. The van der Waals surface area contributed by atoms with Crippen molar-refractivity contribution in [3.8, 4) is 11.5 Å². The normalized spacial score (nSPS) is 15.9. The smallest absolute Gasteiger partial charge is 0.338 e. The van der Waals surface area contributed by atoms with Crippen LogP contribution in [0.5, 0.6) is 11.5 Å². The van der Waals surface area contributed by atoms with E-state index in [-0.39, 0.29) is 23.1 Å². The number of sulfonamides is 1. The first-order valence-corrected chi connectivity index (χ1v) is 11.1. The summed E-state index contributed by atoms with van der Waals surface area (Å²) in [6, 6.07) is 9.28. The number of nitrogens with one attached hydrogen (secondary N) is 1. The van der Waals surface area contributed by atoms with Crippen LogP contribution in [0.1, 0.15) is 28.8 Å². The monoisotopic (exact) mass is 467 g/mol. The van der Waals surface area contributed by atoms with E-state index in [1.54, 1.807) is 12.1 Å². The summed E-state index contributed by atoms with van der Waals surface area (Å²) in [4.78, 5) is 12.4. The van der Waals surface area contributed by atoms with Gasteiger partial charge in [0.15, 0.2) is 11.5 Å². The minimum absolute atomic E-state index is 0.0269. The van der Waals surface area contributed by atoms with Gasteiger partial charge in [0.05, 0.1) is 10.5 Å². The van der Waals surface area contributed by atoms with Gasteiger partial charge in [-0.3, -0.25) is 0 Å². The molecule has 2 aliphatic rings. The van der Waals surface area contributed by atoms with E-state index in [1.807, 2.05) is 0 Å². The number of ether oxygens (including phenoxy) is 3. The Hall–Kier alpha value is -2.10. The molecule has 1 heterocycles. The van der Waals surface area contributed by atoms with Crippen molar-refractivity contribution in [1.82, 2.24) is 4.72 Å². The van der Waals surface area contributed by atoms with Gasteiger partial charge in [0.2, 0.25) is 10.0 Å². The average Bonchev–Trinajstić information content (AvgIpc) is 3.49. The Morgan fingerprint density at radius 2 is 1.75 bits per heavy atom. The van der Waals surface area contributed by atoms with Crippen molar-refractivity contribution in [2.45, 2.75) is 30.4 Å². The first kappa shape index (κ1) is 19.2. The highest BCUT2D eigenvalue weighted by atomic mass is 79.9. The van der Waals surface area contributed by atoms with Gasteiger partial charge >= 0.3 is 5.97 Å². The Bertz CT molecular complexity index is 1000. The van der Waals surface area contributed by atoms with Gasteiger partial charge < -0.3 is 14.2 Å². The third-order valence-electron chi connectivity index (χ3n) is 4.37. The molecule has 1 fully saturated rings. The fourth-order valence-corrected chi connectivity index (χ4v) is 4.44. The molecule has 148 valence electrons. The van der Waals surface area contributed by atoms with Crippen LogP contribution in [0.25, 0.3) is 0 Å². The van der Waals surface area contributed by atoms with Crippen LogP contribution in [0.3, 0.4) is 0 Å². The molecule has 0 aromatic heterocycles. The number of benzene rings is 2. The van der Waals surface area contributed by atoms with Gasteiger partial charge in [0.1, 0.15) is 19.8 Å². The summed E-state index contributed by atoms with van der Waals surface area (Å²) >= 11 is 3.44. The Kier molecular flexibility index (Phi) is 5.31. The van der Waals surface area contributed by atoms with Crippen LogP contribution in [0.2, 0.25) is 0 Å². The van der Waals surface area contributed by atoms with E-state index in [0.717, 1.165) is 22.9 Å². The van der Waals surface area contributed by atoms with E-state index < -0.39 is 16.0 Å².